The van der Waals surface area contributed by atoms with Crippen LogP contribution in [0.2, 0.25) is 0 Å². The van der Waals surface area contributed by atoms with Crippen molar-refractivity contribution < 1.29 is 19.4 Å². The van der Waals surface area contributed by atoms with Crippen molar-refractivity contribution in [3.8, 4) is 5.75 Å². The van der Waals surface area contributed by atoms with Gasteiger partial charge in [-0.25, -0.2) is 4.79 Å². The van der Waals surface area contributed by atoms with E-state index in [0.29, 0.717) is 11.3 Å². The van der Waals surface area contributed by atoms with E-state index in [1.807, 2.05) is 18.7 Å². The minimum Gasteiger partial charge on any atom is -0.481 e. The molecule has 1 saturated heterocycles. The molecule has 2 rings (SSSR count). The number of rotatable bonds is 4. The second kappa shape index (κ2) is 7.29. The van der Waals surface area contributed by atoms with Gasteiger partial charge in [0.1, 0.15) is 5.75 Å². The molecule has 1 fully saturated rings. The highest BCUT2D eigenvalue weighted by atomic mass is 16.5. The van der Waals surface area contributed by atoms with Gasteiger partial charge in [0, 0.05) is 18.7 Å². The summed E-state index contributed by atoms with van der Waals surface area (Å²) >= 11 is 0. The minimum atomic E-state index is -1.01. The number of aliphatic carboxylic acids is 1. The summed E-state index contributed by atoms with van der Waals surface area (Å²) in [6.07, 6.45) is 4.49. The first kappa shape index (κ1) is 16.3. The molecule has 5 nitrogen and oxygen atoms in total. The van der Waals surface area contributed by atoms with Crippen molar-refractivity contribution in [2.75, 3.05) is 19.7 Å². The number of likely N-dealkylation sites (tertiary alicyclic amines) is 1. The van der Waals surface area contributed by atoms with Crippen LogP contribution in [-0.2, 0) is 4.79 Å². The zero-order valence-electron chi connectivity index (χ0n) is 13.2. The molecule has 1 aromatic carbocycles. The van der Waals surface area contributed by atoms with Crippen LogP contribution in [0.5, 0.6) is 5.75 Å². The van der Waals surface area contributed by atoms with Gasteiger partial charge < -0.3 is 14.7 Å². The van der Waals surface area contributed by atoms with E-state index in [9.17, 15) is 9.59 Å². The molecular formula is C17H23NO4. The molecule has 0 unspecified atom stereocenters. The Morgan fingerprint density at radius 3 is 2.14 bits per heavy atom. The number of aryl methyl sites for hydroxylation is 2. The number of carbonyl (C=O) groups excluding carboxylic acids is 1. The molecule has 0 aliphatic carbocycles. The Hall–Kier alpha value is -2.04. The normalized spacial score (nSPS) is 15.3. The maximum atomic E-state index is 12.6. The summed E-state index contributed by atoms with van der Waals surface area (Å²) in [5.41, 5.74) is 2.23. The Bertz CT molecular complexity index is 537. The van der Waals surface area contributed by atoms with E-state index >= 15 is 0 Å². The number of benzene rings is 1. The number of carboxylic acids is 1. The van der Waals surface area contributed by atoms with E-state index in [4.69, 9.17) is 9.84 Å². The molecule has 1 aliphatic heterocycles. The lowest BCUT2D eigenvalue weighted by molar-refractivity contribution is -0.139. The van der Waals surface area contributed by atoms with Crippen molar-refractivity contribution in [2.24, 2.45) is 0 Å². The molecule has 120 valence electrons. The number of amides is 1. The van der Waals surface area contributed by atoms with Gasteiger partial charge in [0.2, 0.25) is 0 Å². The number of nitrogens with zero attached hydrogens (tertiary/aromatic N) is 1. The molecule has 0 atom stereocenters. The van der Waals surface area contributed by atoms with Gasteiger partial charge in [-0.05, 0) is 49.9 Å². The molecular weight excluding hydrogens is 282 g/mol. The first-order valence-corrected chi connectivity index (χ1v) is 7.74. The standard InChI is InChI=1S/C17H23NO4/c1-12-9-14(10-13(2)16(12)22-11-15(19)20)17(21)18-7-5-3-4-6-8-18/h9-10H,3-8,11H2,1-2H3,(H,19,20). The maximum Gasteiger partial charge on any atom is 0.341 e. The molecule has 0 bridgehead atoms. The van der Waals surface area contributed by atoms with Gasteiger partial charge in [-0.1, -0.05) is 12.8 Å². The highest BCUT2D eigenvalue weighted by molar-refractivity contribution is 5.95. The first-order chi connectivity index (χ1) is 10.5. The molecule has 5 heteroatoms. The summed E-state index contributed by atoms with van der Waals surface area (Å²) < 4.78 is 5.30. The minimum absolute atomic E-state index is 0.0536. The predicted octanol–water partition coefficient (Wildman–Crippen LogP) is 2.78. The van der Waals surface area contributed by atoms with Crippen molar-refractivity contribution >= 4 is 11.9 Å². The first-order valence-electron chi connectivity index (χ1n) is 7.74. The summed E-state index contributed by atoms with van der Waals surface area (Å²) in [6, 6.07) is 3.58. The molecule has 1 heterocycles. The van der Waals surface area contributed by atoms with Crippen LogP contribution < -0.4 is 4.74 Å². The topological polar surface area (TPSA) is 66.8 Å². The summed E-state index contributed by atoms with van der Waals surface area (Å²) in [5, 5.41) is 8.71. The highest BCUT2D eigenvalue weighted by Crippen LogP contribution is 2.26. The summed E-state index contributed by atoms with van der Waals surface area (Å²) in [6.45, 7) is 4.93. The molecule has 0 spiro atoms. The zero-order chi connectivity index (χ0) is 16.1. The van der Waals surface area contributed by atoms with Gasteiger partial charge in [-0.15, -0.1) is 0 Å². The summed E-state index contributed by atoms with van der Waals surface area (Å²) in [5.74, 6) is -0.406. The Balaban J connectivity index is 2.17. The van der Waals surface area contributed by atoms with Crippen molar-refractivity contribution in [3.63, 3.8) is 0 Å². The second-order valence-corrected chi connectivity index (χ2v) is 5.83. The molecule has 0 aromatic heterocycles. The Morgan fingerprint density at radius 2 is 1.64 bits per heavy atom. The molecule has 1 aliphatic rings. The van der Waals surface area contributed by atoms with Crippen LogP contribution in [0.15, 0.2) is 12.1 Å². The van der Waals surface area contributed by atoms with Crippen molar-refractivity contribution in [2.45, 2.75) is 39.5 Å². The van der Waals surface area contributed by atoms with Crippen LogP contribution in [0.3, 0.4) is 0 Å². The number of carboxylic acid groups (broad SMARTS) is 1. The fourth-order valence-corrected chi connectivity index (χ4v) is 2.89. The quantitative estimate of drug-likeness (QED) is 0.929. The van der Waals surface area contributed by atoms with Gasteiger partial charge in [0.05, 0.1) is 0 Å². The van der Waals surface area contributed by atoms with Gasteiger partial charge in [0.15, 0.2) is 6.61 Å². The largest absolute Gasteiger partial charge is 0.481 e. The lowest BCUT2D eigenvalue weighted by atomic mass is 10.0. The van der Waals surface area contributed by atoms with E-state index in [-0.39, 0.29) is 12.5 Å². The fraction of sp³-hybridized carbons (Fsp3) is 0.529. The number of carbonyl (C=O) groups is 2. The maximum absolute atomic E-state index is 12.6. The summed E-state index contributed by atoms with van der Waals surface area (Å²) in [4.78, 5) is 25.2. The smallest absolute Gasteiger partial charge is 0.341 e. The lowest BCUT2D eigenvalue weighted by Gasteiger charge is -2.21. The van der Waals surface area contributed by atoms with Crippen molar-refractivity contribution in [1.29, 1.82) is 0 Å². The molecule has 1 amide bonds. The number of ether oxygens (including phenoxy) is 1. The summed E-state index contributed by atoms with van der Waals surface area (Å²) in [7, 11) is 0. The van der Waals surface area contributed by atoms with Crippen molar-refractivity contribution in [1.82, 2.24) is 4.90 Å². The lowest BCUT2D eigenvalue weighted by Crippen LogP contribution is -2.32. The third kappa shape index (κ3) is 4.00. The van der Waals surface area contributed by atoms with Crippen molar-refractivity contribution in [3.05, 3.63) is 28.8 Å². The molecule has 0 radical (unpaired) electrons. The number of hydrogen-bond acceptors (Lipinski definition) is 3. The average Bonchev–Trinajstić information content (AvgIpc) is 2.74. The Kier molecular flexibility index (Phi) is 5.41. The van der Waals surface area contributed by atoms with E-state index in [2.05, 4.69) is 0 Å². The van der Waals surface area contributed by atoms with E-state index in [0.717, 1.165) is 37.1 Å². The van der Waals surface area contributed by atoms with E-state index in [1.165, 1.54) is 12.8 Å². The molecule has 22 heavy (non-hydrogen) atoms. The monoisotopic (exact) mass is 305 g/mol. The van der Waals surface area contributed by atoms with Crippen LogP contribution in [0.4, 0.5) is 0 Å². The van der Waals surface area contributed by atoms with E-state index in [1.54, 1.807) is 12.1 Å². The third-order valence-electron chi connectivity index (χ3n) is 3.94. The Morgan fingerprint density at radius 1 is 1.09 bits per heavy atom. The predicted molar refractivity (Wildman–Crippen MR) is 83.4 cm³/mol. The van der Waals surface area contributed by atoms with E-state index < -0.39 is 5.97 Å². The van der Waals surface area contributed by atoms with Crippen LogP contribution >= 0.6 is 0 Å². The van der Waals surface area contributed by atoms with Crippen LogP contribution in [0, 0.1) is 13.8 Å². The highest BCUT2D eigenvalue weighted by Gasteiger charge is 2.19. The Labute approximate surface area is 130 Å². The SMILES string of the molecule is Cc1cc(C(=O)N2CCCCCC2)cc(C)c1OCC(=O)O. The third-order valence-corrected chi connectivity index (χ3v) is 3.94. The molecule has 1 N–H and O–H groups in total. The molecule has 0 saturated carbocycles. The van der Waals surface area contributed by atoms with Gasteiger partial charge in [-0.2, -0.15) is 0 Å². The van der Waals surface area contributed by atoms with Crippen LogP contribution in [0.1, 0.15) is 47.2 Å². The number of hydrogen-bond donors (Lipinski definition) is 1. The van der Waals surface area contributed by atoms with Gasteiger partial charge in [0.25, 0.3) is 5.91 Å². The van der Waals surface area contributed by atoms with Gasteiger partial charge in [-0.3, -0.25) is 4.79 Å². The van der Waals surface area contributed by atoms with Crippen LogP contribution in [-0.4, -0.2) is 41.6 Å². The molecule has 1 aromatic rings. The van der Waals surface area contributed by atoms with Gasteiger partial charge >= 0.3 is 5.97 Å². The fourth-order valence-electron chi connectivity index (χ4n) is 2.89. The van der Waals surface area contributed by atoms with Crippen LogP contribution in [0.25, 0.3) is 0 Å². The zero-order valence-corrected chi connectivity index (χ0v) is 13.2. The second-order valence-electron chi connectivity index (χ2n) is 5.83. The average molecular weight is 305 g/mol.